The summed E-state index contributed by atoms with van der Waals surface area (Å²) in [7, 11) is 0. The van der Waals surface area contributed by atoms with Crippen molar-refractivity contribution in [1.82, 2.24) is 0 Å². The predicted octanol–water partition coefficient (Wildman–Crippen LogP) is -12.0. The smallest absolute Gasteiger partial charge is 1.00 e. The van der Waals surface area contributed by atoms with Crippen molar-refractivity contribution >= 4 is 0 Å². The zero-order valence-corrected chi connectivity index (χ0v) is 16.5. The molecule has 0 aromatic heterocycles. The van der Waals surface area contributed by atoms with Gasteiger partial charge in [0.2, 0.25) is 0 Å². The van der Waals surface area contributed by atoms with Crippen molar-refractivity contribution in [2.75, 3.05) is 0 Å². The summed E-state index contributed by atoms with van der Waals surface area (Å²) in [5.74, 6) is 0. The van der Waals surface area contributed by atoms with Crippen molar-refractivity contribution < 1.29 is 151 Å². The summed E-state index contributed by atoms with van der Waals surface area (Å²) in [4.78, 5) is 0. The number of halogens is 3. The molecule has 0 aliphatic carbocycles. The molecule has 0 atom stereocenters. The Bertz CT molecular complexity index is 6.85. The fraction of sp³-hybridized carbons (Fsp3) is 0. The Hall–Kier alpha value is 4.75. The standard InChI is InChI=1S/Cd.3HI.K/h;3*1H;/q+2;;;;+1/p-3. The third kappa shape index (κ3) is 17.7. The van der Waals surface area contributed by atoms with Crippen molar-refractivity contribution in [3.63, 3.8) is 0 Å². The van der Waals surface area contributed by atoms with Crippen molar-refractivity contribution in [2.45, 2.75) is 0 Å². The molecule has 0 nitrogen and oxygen atoms in total. The molecule has 0 fully saturated rings. The summed E-state index contributed by atoms with van der Waals surface area (Å²) in [5.41, 5.74) is 0. The van der Waals surface area contributed by atoms with Crippen LogP contribution in [0.1, 0.15) is 0 Å². The zero-order chi connectivity index (χ0) is 0. The molecule has 0 aliphatic rings. The van der Waals surface area contributed by atoms with E-state index < -0.39 is 0 Å². The van der Waals surface area contributed by atoms with Gasteiger partial charge in [-0.15, -0.1) is 0 Å². The molecule has 0 unspecified atom stereocenters. The number of hydrogen-bond donors (Lipinski definition) is 0. The van der Waals surface area contributed by atoms with E-state index in [0.717, 1.165) is 0 Å². The first kappa shape index (κ1) is 33.1. The molecule has 0 aromatic rings. The first-order chi connectivity index (χ1) is 0. The van der Waals surface area contributed by atoms with Crippen molar-refractivity contribution in [3.8, 4) is 0 Å². The molecule has 0 amide bonds. The largest absolute Gasteiger partial charge is 2.00 e. The van der Waals surface area contributed by atoms with Crippen LogP contribution in [0.15, 0.2) is 0 Å². The minimum absolute atomic E-state index is 0. The third-order valence-electron chi connectivity index (χ3n) is 0. The fourth-order valence-corrected chi connectivity index (χ4v) is 0. The van der Waals surface area contributed by atoms with E-state index in [1.54, 1.807) is 0 Å². The second-order valence-electron chi connectivity index (χ2n) is 0. The van der Waals surface area contributed by atoms with E-state index >= 15 is 0 Å². The van der Waals surface area contributed by atoms with Gasteiger partial charge >= 0.3 is 78.7 Å². The van der Waals surface area contributed by atoms with Gasteiger partial charge in [-0.1, -0.05) is 0 Å². The van der Waals surface area contributed by atoms with Gasteiger partial charge in [-0.05, 0) is 0 Å². The summed E-state index contributed by atoms with van der Waals surface area (Å²) in [6.45, 7) is 0. The third-order valence-corrected chi connectivity index (χ3v) is 0. The second-order valence-corrected chi connectivity index (χ2v) is 0. The molecular weight excluding hydrogens is 532 g/mol. The van der Waals surface area contributed by atoms with Gasteiger partial charge in [0.25, 0.3) is 0 Å². The van der Waals surface area contributed by atoms with E-state index in [9.17, 15) is 0 Å². The summed E-state index contributed by atoms with van der Waals surface area (Å²) in [6, 6.07) is 0. The van der Waals surface area contributed by atoms with E-state index in [2.05, 4.69) is 0 Å². The summed E-state index contributed by atoms with van der Waals surface area (Å²) >= 11 is 0. The first-order valence-corrected chi connectivity index (χ1v) is 0. The van der Waals surface area contributed by atoms with Crippen LogP contribution in [0.3, 0.4) is 0 Å². The Balaban J connectivity index is 0. The zero-order valence-electron chi connectivity index (χ0n) is 2.84. The molecule has 0 bridgehead atoms. The minimum atomic E-state index is 0. The predicted molar refractivity (Wildman–Crippen MR) is 0 cm³/mol. The topological polar surface area (TPSA) is 0 Å². The van der Waals surface area contributed by atoms with Crippen molar-refractivity contribution in [2.24, 2.45) is 0 Å². The quantitative estimate of drug-likeness (QED) is 0.215. The molecule has 5 heavy (non-hydrogen) atoms. The van der Waals surface area contributed by atoms with Crippen LogP contribution < -0.4 is 123 Å². The van der Waals surface area contributed by atoms with Gasteiger partial charge in [0.1, 0.15) is 0 Å². The van der Waals surface area contributed by atoms with E-state index in [0.29, 0.717) is 0 Å². The van der Waals surface area contributed by atoms with Crippen molar-refractivity contribution in [1.29, 1.82) is 0 Å². The molecule has 24 valence electrons. The van der Waals surface area contributed by atoms with Gasteiger partial charge in [-0.25, -0.2) is 0 Å². The van der Waals surface area contributed by atoms with E-state index in [1.807, 2.05) is 0 Å². The Labute approximate surface area is 146 Å². The summed E-state index contributed by atoms with van der Waals surface area (Å²) in [6.07, 6.45) is 0. The molecule has 0 aliphatic heterocycles. The molecule has 0 saturated heterocycles. The average molecular weight is 532 g/mol. The molecule has 0 heterocycles. The number of rotatable bonds is 0. The fourth-order valence-electron chi connectivity index (χ4n) is 0. The van der Waals surface area contributed by atoms with Gasteiger partial charge < -0.3 is 71.9 Å². The second kappa shape index (κ2) is 23.3. The van der Waals surface area contributed by atoms with E-state index in [1.165, 1.54) is 0 Å². The maximum Gasteiger partial charge on any atom is 2.00 e. The monoisotopic (exact) mass is 534 g/mol. The van der Waals surface area contributed by atoms with Crippen LogP contribution in [0.5, 0.6) is 0 Å². The molecule has 0 radical (unpaired) electrons. The minimum Gasteiger partial charge on any atom is -1.00 e. The molecular formula is CdI3K. The Morgan fingerprint density at radius 3 is 0.600 bits per heavy atom. The van der Waals surface area contributed by atoms with Crippen LogP contribution in [-0.4, -0.2) is 0 Å². The molecule has 0 N–H and O–H groups in total. The van der Waals surface area contributed by atoms with Crippen molar-refractivity contribution in [3.05, 3.63) is 0 Å². The molecule has 0 spiro atoms. The van der Waals surface area contributed by atoms with Gasteiger partial charge in [0, 0.05) is 0 Å². The first-order valence-electron chi connectivity index (χ1n) is 0. The SMILES string of the molecule is [Cd+2].[I-].[I-].[I-].[K+]. The average Bonchev–Trinajstić information content (AvgIpc) is 0. The van der Waals surface area contributed by atoms with E-state index in [4.69, 9.17) is 0 Å². The maximum atomic E-state index is 0. The van der Waals surface area contributed by atoms with E-state index in [-0.39, 0.29) is 151 Å². The van der Waals surface area contributed by atoms with Crippen LogP contribution in [0.4, 0.5) is 0 Å². The molecule has 0 saturated carbocycles. The Morgan fingerprint density at radius 1 is 0.600 bits per heavy atom. The van der Waals surface area contributed by atoms with Gasteiger partial charge in [-0.3, -0.25) is 0 Å². The van der Waals surface area contributed by atoms with Gasteiger partial charge in [0.15, 0.2) is 0 Å². The Morgan fingerprint density at radius 2 is 0.600 bits per heavy atom. The maximum absolute atomic E-state index is 0. The summed E-state index contributed by atoms with van der Waals surface area (Å²) in [5, 5.41) is 0. The normalized spacial score (nSPS) is 0. The number of hydrogen-bond acceptors (Lipinski definition) is 0. The van der Waals surface area contributed by atoms with Crippen LogP contribution in [0, 0.1) is 0 Å². The van der Waals surface area contributed by atoms with Crippen LogP contribution in [0.2, 0.25) is 0 Å². The summed E-state index contributed by atoms with van der Waals surface area (Å²) < 4.78 is 0. The van der Waals surface area contributed by atoms with Gasteiger partial charge in [-0.2, -0.15) is 0 Å². The van der Waals surface area contributed by atoms with Crippen LogP contribution >= 0.6 is 0 Å². The molecule has 0 aromatic carbocycles. The van der Waals surface area contributed by atoms with Crippen LogP contribution in [-0.2, 0) is 27.3 Å². The molecule has 5 heteroatoms. The van der Waals surface area contributed by atoms with Crippen LogP contribution in [0.25, 0.3) is 0 Å². The molecule has 0 rings (SSSR count). The van der Waals surface area contributed by atoms with Gasteiger partial charge in [0.05, 0.1) is 0 Å². The Kier molecular flexibility index (Phi) is 154.